The zero-order valence-electron chi connectivity index (χ0n) is 20.2. The third-order valence-electron chi connectivity index (χ3n) is 6.37. The van der Waals surface area contributed by atoms with Crippen molar-refractivity contribution in [3.63, 3.8) is 0 Å². The van der Waals surface area contributed by atoms with Crippen LogP contribution in [0.4, 0.5) is 0 Å². The molecule has 0 unspecified atom stereocenters. The number of hydrogen-bond donors (Lipinski definition) is 1. The summed E-state index contributed by atoms with van der Waals surface area (Å²) in [5.74, 6) is -2.43. The minimum atomic E-state index is -0.911. The minimum absolute atomic E-state index is 0.224. The smallest absolute Gasteiger partial charge is 0.337 e. The van der Waals surface area contributed by atoms with E-state index in [0.29, 0.717) is 42.0 Å². The molecular formula is C26H33NO6. The zero-order chi connectivity index (χ0) is 24.3. The van der Waals surface area contributed by atoms with Gasteiger partial charge in [0, 0.05) is 22.9 Å². The van der Waals surface area contributed by atoms with Crippen molar-refractivity contribution in [2.75, 3.05) is 13.7 Å². The molecule has 1 aliphatic heterocycles. The van der Waals surface area contributed by atoms with Crippen molar-refractivity contribution < 1.29 is 28.6 Å². The van der Waals surface area contributed by atoms with Crippen LogP contribution in [0.1, 0.15) is 58.9 Å². The van der Waals surface area contributed by atoms with Crippen LogP contribution in [0.3, 0.4) is 0 Å². The van der Waals surface area contributed by atoms with Gasteiger partial charge in [-0.05, 0) is 57.2 Å². The Hall–Kier alpha value is -3.09. The topological polar surface area (TPSA) is 90.9 Å². The molecule has 0 radical (unpaired) electrons. The van der Waals surface area contributed by atoms with E-state index in [4.69, 9.17) is 14.2 Å². The lowest BCUT2D eigenvalue weighted by molar-refractivity contribution is -0.151. The fourth-order valence-electron chi connectivity index (χ4n) is 4.54. The first kappa shape index (κ1) is 24.6. The molecule has 1 aliphatic carbocycles. The predicted octanol–water partition coefficient (Wildman–Crippen LogP) is 4.04. The summed E-state index contributed by atoms with van der Waals surface area (Å²) in [5.41, 5.74) is 2.95. The summed E-state index contributed by atoms with van der Waals surface area (Å²) >= 11 is 0. The molecule has 0 fully saturated rings. The summed E-state index contributed by atoms with van der Waals surface area (Å²) in [6.07, 6.45) is 0.909. The molecule has 1 aromatic rings. The molecule has 1 aromatic carbocycles. The van der Waals surface area contributed by atoms with Crippen LogP contribution in [0.25, 0.3) is 0 Å². The third-order valence-corrected chi connectivity index (χ3v) is 6.37. The van der Waals surface area contributed by atoms with Crippen molar-refractivity contribution in [1.29, 1.82) is 0 Å². The summed E-state index contributed by atoms with van der Waals surface area (Å²) in [6, 6.07) is 7.35. The van der Waals surface area contributed by atoms with Gasteiger partial charge in [0.15, 0.2) is 5.78 Å². The number of ether oxygens (including phenoxy) is 3. The second-order valence-corrected chi connectivity index (χ2v) is 8.66. The van der Waals surface area contributed by atoms with Crippen molar-refractivity contribution >= 4 is 17.7 Å². The van der Waals surface area contributed by atoms with Crippen molar-refractivity contribution in [3.05, 3.63) is 52.4 Å². The van der Waals surface area contributed by atoms with Gasteiger partial charge in [0.1, 0.15) is 11.7 Å². The van der Waals surface area contributed by atoms with Gasteiger partial charge in [0.05, 0.1) is 25.4 Å². The number of methoxy groups -OCH3 is 1. The first-order valence-electron chi connectivity index (χ1n) is 11.5. The number of allylic oxidation sites excluding steroid dienone is 3. The predicted molar refractivity (Wildman–Crippen MR) is 123 cm³/mol. The Morgan fingerprint density at radius 2 is 1.85 bits per heavy atom. The normalized spacial score (nSPS) is 23.5. The number of rotatable bonds is 7. The van der Waals surface area contributed by atoms with Crippen LogP contribution in [0.2, 0.25) is 0 Å². The Morgan fingerprint density at radius 3 is 2.42 bits per heavy atom. The van der Waals surface area contributed by atoms with Gasteiger partial charge in [-0.1, -0.05) is 26.0 Å². The molecule has 0 bridgehead atoms. The van der Waals surface area contributed by atoms with Gasteiger partial charge in [-0.2, -0.15) is 0 Å². The molecule has 0 saturated heterocycles. The average molecular weight is 456 g/mol. The van der Waals surface area contributed by atoms with E-state index in [1.54, 1.807) is 0 Å². The van der Waals surface area contributed by atoms with Gasteiger partial charge in [0.25, 0.3) is 0 Å². The number of dihydropyridines is 1. The van der Waals surface area contributed by atoms with E-state index in [1.165, 1.54) is 7.11 Å². The van der Waals surface area contributed by atoms with Crippen molar-refractivity contribution in [3.8, 4) is 5.75 Å². The average Bonchev–Trinajstić information content (AvgIpc) is 2.78. The van der Waals surface area contributed by atoms with Gasteiger partial charge in [-0.3, -0.25) is 9.59 Å². The largest absolute Gasteiger partial charge is 0.494 e. The lowest BCUT2D eigenvalue weighted by Crippen LogP contribution is -2.43. The Labute approximate surface area is 195 Å². The van der Waals surface area contributed by atoms with Crippen LogP contribution >= 0.6 is 0 Å². The first-order valence-corrected chi connectivity index (χ1v) is 11.5. The molecule has 33 heavy (non-hydrogen) atoms. The molecule has 178 valence electrons. The molecule has 7 heteroatoms. The number of hydrogen-bond acceptors (Lipinski definition) is 7. The van der Waals surface area contributed by atoms with E-state index in [0.717, 1.165) is 11.3 Å². The van der Waals surface area contributed by atoms with Crippen molar-refractivity contribution in [1.82, 2.24) is 5.32 Å². The van der Waals surface area contributed by atoms with Gasteiger partial charge in [-0.15, -0.1) is 0 Å². The number of carbonyl (C=O) groups is 3. The molecule has 1 N–H and O–H groups in total. The fourth-order valence-corrected chi connectivity index (χ4v) is 4.54. The second kappa shape index (κ2) is 10.2. The molecule has 3 rings (SSSR count). The Balaban J connectivity index is 2.14. The van der Waals surface area contributed by atoms with E-state index >= 15 is 0 Å². The molecule has 0 saturated carbocycles. The maximum absolute atomic E-state index is 13.7. The third kappa shape index (κ3) is 4.82. The van der Waals surface area contributed by atoms with Crippen LogP contribution in [0.5, 0.6) is 5.75 Å². The van der Waals surface area contributed by atoms with Gasteiger partial charge < -0.3 is 19.5 Å². The summed E-state index contributed by atoms with van der Waals surface area (Å²) in [7, 11) is 1.29. The van der Waals surface area contributed by atoms with Crippen molar-refractivity contribution in [2.24, 2.45) is 11.8 Å². The summed E-state index contributed by atoms with van der Waals surface area (Å²) in [5, 5.41) is 3.27. The van der Waals surface area contributed by atoms with E-state index < -0.39 is 23.8 Å². The molecule has 4 atom stereocenters. The van der Waals surface area contributed by atoms with E-state index in [-0.39, 0.29) is 17.8 Å². The molecular weight excluding hydrogens is 422 g/mol. The van der Waals surface area contributed by atoms with Crippen LogP contribution < -0.4 is 10.1 Å². The Kier molecular flexibility index (Phi) is 7.61. The highest BCUT2D eigenvalue weighted by molar-refractivity contribution is 6.12. The lowest BCUT2D eigenvalue weighted by Gasteiger charge is -2.38. The van der Waals surface area contributed by atoms with Crippen LogP contribution in [0.15, 0.2) is 46.8 Å². The summed E-state index contributed by atoms with van der Waals surface area (Å²) in [6.45, 7) is 9.90. The molecule has 1 heterocycles. The number of Topliss-reactive ketones (excluding diaryl/α,β-unsaturated/α-hetero) is 1. The highest BCUT2D eigenvalue weighted by atomic mass is 16.5. The van der Waals surface area contributed by atoms with E-state index in [2.05, 4.69) is 5.32 Å². The maximum atomic E-state index is 13.7. The second-order valence-electron chi connectivity index (χ2n) is 8.66. The fraction of sp³-hybridized carbons (Fsp3) is 0.500. The van der Waals surface area contributed by atoms with Gasteiger partial charge in [-0.25, -0.2) is 4.79 Å². The summed E-state index contributed by atoms with van der Waals surface area (Å²) in [4.78, 5) is 39.4. The van der Waals surface area contributed by atoms with Gasteiger partial charge in [0.2, 0.25) is 0 Å². The Morgan fingerprint density at radius 1 is 1.18 bits per heavy atom. The number of ketones is 1. The standard InChI is InChI=1S/C26H33NO6/c1-7-15(4)33-26(30)21-16(5)27-19-13-14(3)20(25(29)31-6)24(28)23(19)22(21)17-9-11-18(12-10-17)32-8-2/h9-12,14-15,20,22,27H,7-8,13H2,1-6H3/t14-,15+,20-,22-/m1/s1. The highest BCUT2D eigenvalue weighted by Crippen LogP contribution is 2.45. The number of nitrogens with one attached hydrogen (secondary N) is 1. The first-order chi connectivity index (χ1) is 15.7. The molecule has 0 amide bonds. The monoisotopic (exact) mass is 455 g/mol. The maximum Gasteiger partial charge on any atom is 0.337 e. The number of esters is 2. The van der Waals surface area contributed by atoms with E-state index in [9.17, 15) is 14.4 Å². The highest BCUT2D eigenvalue weighted by Gasteiger charge is 2.47. The molecule has 7 nitrogen and oxygen atoms in total. The molecule has 0 spiro atoms. The summed E-state index contributed by atoms with van der Waals surface area (Å²) < 4.78 is 16.2. The van der Waals surface area contributed by atoms with E-state index in [1.807, 2.05) is 58.9 Å². The molecule has 2 aliphatic rings. The van der Waals surface area contributed by atoms with Crippen LogP contribution in [-0.4, -0.2) is 37.5 Å². The Bertz CT molecular complexity index is 991. The van der Waals surface area contributed by atoms with Gasteiger partial charge >= 0.3 is 11.9 Å². The van der Waals surface area contributed by atoms with Crippen molar-refractivity contribution in [2.45, 2.75) is 59.5 Å². The zero-order valence-corrected chi connectivity index (χ0v) is 20.2. The minimum Gasteiger partial charge on any atom is -0.494 e. The number of carbonyl (C=O) groups excluding carboxylic acids is 3. The van der Waals surface area contributed by atoms with Crippen LogP contribution in [-0.2, 0) is 23.9 Å². The number of benzene rings is 1. The molecule has 0 aromatic heterocycles. The lowest BCUT2D eigenvalue weighted by atomic mass is 9.69. The van der Waals surface area contributed by atoms with Crippen LogP contribution in [0, 0.1) is 11.8 Å². The quantitative estimate of drug-likeness (QED) is 0.490. The SMILES string of the molecule is CCOc1ccc([C@@H]2C(C(=O)O[C@@H](C)CC)=C(C)NC3=C2C(=O)[C@H](C(=O)OC)[C@H](C)C3)cc1.